The summed E-state index contributed by atoms with van der Waals surface area (Å²) in [5.41, 5.74) is 13.5. The van der Waals surface area contributed by atoms with Crippen LogP contribution >= 0.6 is 0 Å². The van der Waals surface area contributed by atoms with Gasteiger partial charge in [-0.2, -0.15) is 0 Å². The van der Waals surface area contributed by atoms with Crippen LogP contribution in [0.1, 0.15) is 0 Å². The predicted molar refractivity (Wildman–Crippen MR) is 110 cm³/mol. The molecule has 4 rings (SSSR count). The summed E-state index contributed by atoms with van der Waals surface area (Å²) >= 11 is 0. The van der Waals surface area contributed by atoms with Crippen molar-refractivity contribution in [3.05, 3.63) is 77.0 Å². The van der Waals surface area contributed by atoms with Crippen LogP contribution in [0.2, 0.25) is 0 Å². The molecule has 0 unspecified atom stereocenters. The lowest BCUT2D eigenvalue weighted by Crippen LogP contribution is -2.08. The lowest BCUT2D eigenvalue weighted by Gasteiger charge is -2.13. The topological polar surface area (TPSA) is 101 Å². The minimum atomic E-state index is -0.297. The number of hydrogen-bond acceptors (Lipinski definition) is 6. The van der Waals surface area contributed by atoms with Gasteiger partial charge >= 0.3 is 0 Å². The molecule has 0 radical (unpaired) electrons. The first-order chi connectivity index (χ1) is 13.6. The predicted octanol–water partition coefficient (Wildman–Crippen LogP) is 4.43. The summed E-state index contributed by atoms with van der Waals surface area (Å²) in [5.74, 6) is 1.32. The Labute approximate surface area is 160 Å². The summed E-state index contributed by atoms with van der Waals surface area (Å²) in [5, 5.41) is 0.414. The monoisotopic (exact) mass is 374 g/mol. The third-order valence-corrected chi connectivity index (χ3v) is 4.36. The standard InChI is InChI=1S/C22H18N2O4/c1-26-15-9-6-13(7-10-15)21-22(28-19-12-14(23)8-11-17(19)24)20(25)16-4-2-3-5-18(16)27-21/h2-12H,23-24H2,1H3. The fraction of sp³-hybridized carbons (Fsp3) is 0.0455. The van der Waals surface area contributed by atoms with Crippen LogP contribution in [0.4, 0.5) is 11.4 Å². The molecule has 0 saturated heterocycles. The minimum absolute atomic E-state index is 0.0427. The van der Waals surface area contributed by atoms with Gasteiger partial charge in [-0.1, -0.05) is 12.1 Å². The van der Waals surface area contributed by atoms with E-state index >= 15 is 0 Å². The van der Waals surface area contributed by atoms with E-state index < -0.39 is 0 Å². The van der Waals surface area contributed by atoms with Crippen molar-refractivity contribution in [2.75, 3.05) is 18.6 Å². The van der Waals surface area contributed by atoms with Gasteiger partial charge < -0.3 is 25.4 Å². The van der Waals surface area contributed by atoms with Crippen LogP contribution in [0.25, 0.3) is 22.3 Å². The summed E-state index contributed by atoms with van der Waals surface area (Å²) < 4.78 is 17.2. The second kappa shape index (κ2) is 7.00. The van der Waals surface area contributed by atoms with E-state index in [0.717, 1.165) is 0 Å². The fourth-order valence-electron chi connectivity index (χ4n) is 2.90. The van der Waals surface area contributed by atoms with E-state index in [2.05, 4.69) is 0 Å². The fourth-order valence-corrected chi connectivity index (χ4v) is 2.90. The third kappa shape index (κ3) is 3.12. The van der Waals surface area contributed by atoms with E-state index in [1.165, 1.54) is 0 Å². The Kier molecular flexibility index (Phi) is 4.37. The highest BCUT2D eigenvalue weighted by molar-refractivity contribution is 5.82. The second-order valence-corrected chi connectivity index (χ2v) is 6.21. The number of rotatable bonds is 4. The molecular weight excluding hydrogens is 356 g/mol. The van der Waals surface area contributed by atoms with Gasteiger partial charge in [0.2, 0.25) is 11.2 Å². The van der Waals surface area contributed by atoms with Gasteiger partial charge in [0.05, 0.1) is 18.2 Å². The number of hydrogen-bond donors (Lipinski definition) is 2. The zero-order valence-electron chi connectivity index (χ0n) is 15.1. The Bertz CT molecular complexity index is 1210. The molecule has 1 heterocycles. The molecule has 0 fully saturated rings. The van der Waals surface area contributed by atoms with Crippen LogP contribution in [0.5, 0.6) is 17.2 Å². The summed E-state index contributed by atoms with van der Waals surface area (Å²) in [6, 6.07) is 19.0. The zero-order chi connectivity index (χ0) is 19.7. The van der Waals surface area contributed by atoms with Gasteiger partial charge in [0.15, 0.2) is 11.5 Å². The molecule has 0 spiro atoms. The molecule has 0 atom stereocenters. The number of para-hydroxylation sites is 1. The van der Waals surface area contributed by atoms with E-state index in [4.69, 9.17) is 25.4 Å². The summed E-state index contributed by atoms with van der Waals surface area (Å²) in [7, 11) is 1.59. The SMILES string of the molecule is COc1ccc(-c2oc3ccccc3c(=O)c2Oc2cc(N)ccc2N)cc1. The van der Waals surface area contributed by atoms with Crippen LogP contribution < -0.4 is 26.4 Å². The first-order valence-electron chi connectivity index (χ1n) is 8.60. The maximum atomic E-state index is 13.2. The number of fused-ring (bicyclic) bond motifs is 1. The first kappa shape index (κ1) is 17.5. The summed E-state index contributed by atoms with van der Waals surface area (Å²) in [4.78, 5) is 13.2. The molecule has 3 aromatic carbocycles. The Morgan fingerprint density at radius 3 is 2.43 bits per heavy atom. The van der Waals surface area contributed by atoms with Crippen LogP contribution in [-0.2, 0) is 0 Å². The van der Waals surface area contributed by atoms with Gasteiger partial charge in [-0.25, -0.2) is 0 Å². The highest BCUT2D eigenvalue weighted by atomic mass is 16.5. The largest absolute Gasteiger partial charge is 0.497 e. The molecule has 1 aromatic heterocycles. The van der Waals surface area contributed by atoms with Crippen LogP contribution in [-0.4, -0.2) is 7.11 Å². The second-order valence-electron chi connectivity index (χ2n) is 6.21. The summed E-state index contributed by atoms with van der Waals surface area (Å²) in [6.45, 7) is 0. The Hall–Kier alpha value is -3.93. The molecule has 0 amide bonds. The number of anilines is 2. The molecule has 0 aliphatic rings. The lowest BCUT2D eigenvalue weighted by molar-refractivity contribution is 0.414. The smallest absolute Gasteiger partial charge is 0.235 e. The van der Waals surface area contributed by atoms with Crippen LogP contribution in [0, 0.1) is 0 Å². The zero-order valence-corrected chi connectivity index (χ0v) is 15.1. The van der Waals surface area contributed by atoms with E-state index in [-0.39, 0.29) is 16.9 Å². The molecule has 4 aromatic rings. The average Bonchev–Trinajstić information content (AvgIpc) is 2.72. The van der Waals surface area contributed by atoms with Crippen molar-refractivity contribution in [3.63, 3.8) is 0 Å². The number of nitrogen functional groups attached to an aromatic ring is 2. The van der Waals surface area contributed by atoms with Crippen LogP contribution in [0.3, 0.4) is 0 Å². The van der Waals surface area contributed by atoms with Crippen molar-refractivity contribution >= 4 is 22.3 Å². The molecule has 0 bridgehead atoms. The van der Waals surface area contributed by atoms with Crippen molar-refractivity contribution < 1.29 is 13.9 Å². The van der Waals surface area contributed by atoms with Crippen molar-refractivity contribution in [1.29, 1.82) is 0 Å². The van der Waals surface area contributed by atoms with Crippen LogP contribution in [0.15, 0.2) is 75.9 Å². The highest BCUT2D eigenvalue weighted by Gasteiger charge is 2.19. The van der Waals surface area contributed by atoms with E-state index in [9.17, 15) is 4.79 Å². The Balaban J connectivity index is 1.95. The maximum Gasteiger partial charge on any atom is 0.235 e. The van der Waals surface area contributed by atoms with Crippen molar-refractivity contribution in [3.8, 4) is 28.6 Å². The van der Waals surface area contributed by atoms with E-state index in [1.807, 2.05) is 0 Å². The number of benzene rings is 3. The van der Waals surface area contributed by atoms with Gasteiger partial charge in [0.25, 0.3) is 0 Å². The normalized spacial score (nSPS) is 10.8. The van der Waals surface area contributed by atoms with E-state index in [0.29, 0.717) is 39.4 Å². The molecular formula is C22H18N2O4. The van der Waals surface area contributed by atoms with Crippen molar-refractivity contribution in [1.82, 2.24) is 0 Å². The van der Waals surface area contributed by atoms with Gasteiger partial charge in [-0.3, -0.25) is 4.79 Å². The number of nitrogens with two attached hydrogens (primary N) is 2. The molecule has 0 aliphatic heterocycles. The Morgan fingerprint density at radius 1 is 0.929 bits per heavy atom. The number of ether oxygens (including phenoxy) is 2. The first-order valence-corrected chi connectivity index (χ1v) is 8.60. The molecule has 4 N–H and O–H groups in total. The third-order valence-electron chi connectivity index (χ3n) is 4.36. The molecule has 0 aliphatic carbocycles. The molecule has 0 saturated carbocycles. The number of methoxy groups -OCH3 is 1. The molecule has 28 heavy (non-hydrogen) atoms. The average molecular weight is 374 g/mol. The minimum Gasteiger partial charge on any atom is -0.497 e. The molecule has 140 valence electrons. The summed E-state index contributed by atoms with van der Waals surface area (Å²) in [6.07, 6.45) is 0. The Morgan fingerprint density at radius 2 is 1.68 bits per heavy atom. The van der Waals surface area contributed by atoms with Crippen molar-refractivity contribution in [2.45, 2.75) is 0 Å². The highest BCUT2D eigenvalue weighted by Crippen LogP contribution is 2.36. The quantitative estimate of drug-likeness (QED) is 0.513. The van der Waals surface area contributed by atoms with Gasteiger partial charge in [0, 0.05) is 17.3 Å². The van der Waals surface area contributed by atoms with E-state index in [1.54, 1.807) is 73.8 Å². The van der Waals surface area contributed by atoms with Gasteiger partial charge in [-0.05, 0) is 48.5 Å². The molecule has 6 heteroatoms. The van der Waals surface area contributed by atoms with Gasteiger partial charge in [-0.15, -0.1) is 0 Å². The van der Waals surface area contributed by atoms with Gasteiger partial charge in [0.1, 0.15) is 11.3 Å². The lowest BCUT2D eigenvalue weighted by atomic mass is 10.1. The van der Waals surface area contributed by atoms with Crippen molar-refractivity contribution in [2.24, 2.45) is 0 Å². The maximum absolute atomic E-state index is 13.2. The molecule has 6 nitrogen and oxygen atoms in total.